The molecule has 1 heterocycles. The molecule has 0 spiro atoms. The van der Waals surface area contributed by atoms with Gasteiger partial charge in [-0.15, -0.1) is 0 Å². The number of halogens is 1. The first-order valence-electron chi connectivity index (χ1n) is 8.00. The van der Waals surface area contributed by atoms with Gasteiger partial charge in [-0.1, -0.05) is 6.07 Å². The predicted molar refractivity (Wildman–Crippen MR) is 109 cm³/mol. The molecule has 0 radical (unpaired) electrons. The van der Waals surface area contributed by atoms with Gasteiger partial charge in [-0.3, -0.25) is 14.3 Å². The van der Waals surface area contributed by atoms with Crippen LogP contribution < -0.4 is 10.6 Å². The molecule has 7 heteroatoms. The first-order valence-corrected chi connectivity index (χ1v) is 9.08. The summed E-state index contributed by atoms with van der Waals surface area (Å²) >= 11 is 2.19. The second kappa shape index (κ2) is 8.13. The van der Waals surface area contributed by atoms with Crippen molar-refractivity contribution in [2.75, 3.05) is 10.6 Å². The number of benzene rings is 2. The lowest BCUT2D eigenvalue weighted by Gasteiger charge is -2.13. The zero-order chi connectivity index (χ0) is 18.5. The summed E-state index contributed by atoms with van der Waals surface area (Å²) in [4.78, 5) is 24.6. The highest BCUT2D eigenvalue weighted by molar-refractivity contribution is 14.1. The molecule has 2 amide bonds. The number of nitrogens with zero attached hydrogens (tertiary/aromatic N) is 2. The molecule has 0 aliphatic heterocycles. The molecular weight excluding hydrogens is 443 g/mol. The van der Waals surface area contributed by atoms with Crippen molar-refractivity contribution in [1.29, 1.82) is 0 Å². The molecule has 1 unspecified atom stereocenters. The quantitative estimate of drug-likeness (QED) is 0.567. The topological polar surface area (TPSA) is 76.0 Å². The minimum Gasteiger partial charge on any atom is -0.324 e. The summed E-state index contributed by atoms with van der Waals surface area (Å²) in [7, 11) is 0. The van der Waals surface area contributed by atoms with E-state index in [-0.39, 0.29) is 11.8 Å². The maximum absolute atomic E-state index is 12.3. The van der Waals surface area contributed by atoms with E-state index >= 15 is 0 Å². The Labute approximate surface area is 164 Å². The van der Waals surface area contributed by atoms with Gasteiger partial charge in [0.1, 0.15) is 6.04 Å². The molecule has 0 aliphatic rings. The molecule has 6 nitrogen and oxygen atoms in total. The second-order valence-corrected chi connectivity index (χ2v) is 6.94. The van der Waals surface area contributed by atoms with Crippen molar-refractivity contribution in [2.24, 2.45) is 0 Å². The van der Waals surface area contributed by atoms with E-state index in [0.29, 0.717) is 16.9 Å². The van der Waals surface area contributed by atoms with Crippen LogP contribution in [0.25, 0.3) is 0 Å². The average molecular weight is 460 g/mol. The number of nitrogens with one attached hydrogen (secondary N) is 2. The Kier molecular flexibility index (Phi) is 5.67. The van der Waals surface area contributed by atoms with Crippen LogP contribution in [0.5, 0.6) is 0 Å². The number of rotatable bonds is 5. The Bertz CT molecular complexity index is 908. The predicted octanol–water partition coefficient (Wildman–Crippen LogP) is 3.94. The molecule has 0 fully saturated rings. The monoisotopic (exact) mass is 460 g/mol. The maximum atomic E-state index is 12.3. The average Bonchev–Trinajstić information content (AvgIpc) is 3.16. The third-order valence-electron chi connectivity index (χ3n) is 3.80. The van der Waals surface area contributed by atoms with Crippen molar-refractivity contribution >= 4 is 45.8 Å². The van der Waals surface area contributed by atoms with Crippen molar-refractivity contribution < 1.29 is 9.59 Å². The van der Waals surface area contributed by atoms with Crippen LogP contribution in [0.15, 0.2) is 67.0 Å². The van der Waals surface area contributed by atoms with E-state index in [9.17, 15) is 9.59 Å². The van der Waals surface area contributed by atoms with E-state index in [1.807, 2.05) is 12.1 Å². The van der Waals surface area contributed by atoms with E-state index in [1.165, 1.54) is 0 Å². The summed E-state index contributed by atoms with van der Waals surface area (Å²) in [6, 6.07) is 15.7. The van der Waals surface area contributed by atoms with Crippen LogP contribution in [-0.2, 0) is 4.79 Å². The Hall–Kier alpha value is -2.68. The first-order chi connectivity index (χ1) is 12.5. The highest BCUT2D eigenvalue weighted by Crippen LogP contribution is 2.18. The highest BCUT2D eigenvalue weighted by atomic mass is 127. The zero-order valence-electron chi connectivity index (χ0n) is 14.0. The van der Waals surface area contributed by atoms with Crippen LogP contribution in [0.1, 0.15) is 23.3 Å². The van der Waals surface area contributed by atoms with Crippen LogP contribution in [0.3, 0.4) is 0 Å². The summed E-state index contributed by atoms with van der Waals surface area (Å²) in [6.07, 6.45) is 3.37. The van der Waals surface area contributed by atoms with Gasteiger partial charge >= 0.3 is 0 Å². The Morgan fingerprint density at radius 3 is 2.38 bits per heavy atom. The van der Waals surface area contributed by atoms with Crippen LogP contribution in [0.2, 0.25) is 0 Å². The molecule has 3 aromatic rings. The van der Waals surface area contributed by atoms with Gasteiger partial charge < -0.3 is 10.6 Å². The fourth-order valence-corrected chi connectivity index (χ4v) is 2.72. The molecular formula is C19H17IN4O2. The molecule has 0 saturated carbocycles. The maximum Gasteiger partial charge on any atom is 0.255 e. The molecule has 1 aromatic heterocycles. The second-order valence-electron chi connectivity index (χ2n) is 5.69. The number of carbonyl (C=O) groups is 2. The molecule has 0 aliphatic carbocycles. The molecule has 0 bridgehead atoms. The largest absolute Gasteiger partial charge is 0.324 e. The van der Waals surface area contributed by atoms with Crippen LogP contribution in [-0.4, -0.2) is 21.6 Å². The summed E-state index contributed by atoms with van der Waals surface area (Å²) in [5.74, 6) is -0.385. The molecule has 26 heavy (non-hydrogen) atoms. The van der Waals surface area contributed by atoms with Crippen molar-refractivity contribution in [1.82, 2.24) is 9.78 Å². The molecule has 0 saturated heterocycles. The van der Waals surface area contributed by atoms with Gasteiger partial charge in [0.15, 0.2) is 0 Å². The Balaban J connectivity index is 1.67. The number of hydrogen-bond acceptors (Lipinski definition) is 3. The Morgan fingerprint density at radius 2 is 1.73 bits per heavy atom. The molecule has 2 aromatic carbocycles. The van der Waals surface area contributed by atoms with Gasteiger partial charge in [0.05, 0.1) is 0 Å². The van der Waals surface area contributed by atoms with E-state index in [1.54, 1.807) is 66.5 Å². The number of carbonyl (C=O) groups excluding carboxylic acids is 2. The van der Waals surface area contributed by atoms with Crippen LogP contribution in [0.4, 0.5) is 11.4 Å². The van der Waals surface area contributed by atoms with Crippen LogP contribution in [0, 0.1) is 3.57 Å². The first kappa shape index (κ1) is 18.1. The normalized spacial score (nSPS) is 11.6. The third kappa shape index (κ3) is 4.48. The molecule has 1 atom stereocenters. The summed E-state index contributed by atoms with van der Waals surface area (Å²) in [5.41, 5.74) is 1.79. The Morgan fingerprint density at radius 1 is 1.04 bits per heavy atom. The van der Waals surface area contributed by atoms with Crippen molar-refractivity contribution in [2.45, 2.75) is 13.0 Å². The summed E-state index contributed by atoms with van der Waals surface area (Å²) < 4.78 is 2.65. The molecule has 3 rings (SSSR count). The van der Waals surface area contributed by atoms with Gasteiger partial charge in [0.25, 0.3) is 5.91 Å². The van der Waals surface area contributed by atoms with Crippen molar-refractivity contribution in [3.05, 3.63) is 76.1 Å². The number of anilines is 2. The lowest BCUT2D eigenvalue weighted by molar-refractivity contribution is -0.119. The van der Waals surface area contributed by atoms with Crippen molar-refractivity contribution in [3.8, 4) is 0 Å². The number of aromatic nitrogens is 2. The third-order valence-corrected chi connectivity index (χ3v) is 4.51. The fourth-order valence-electron chi connectivity index (χ4n) is 2.36. The summed E-state index contributed by atoms with van der Waals surface area (Å²) in [6.45, 7) is 1.77. The fraction of sp³-hybridized carbons (Fsp3) is 0.105. The SMILES string of the molecule is CC(C(=O)Nc1cccc(NC(=O)c2ccc(I)cc2)c1)n1cccn1. The van der Waals surface area contributed by atoms with E-state index < -0.39 is 6.04 Å². The molecule has 2 N–H and O–H groups in total. The van der Waals surface area contributed by atoms with E-state index in [2.05, 4.69) is 38.3 Å². The van der Waals surface area contributed by atoms with Crippen LogP contribution >= 0.6 is 22.6 Å². The van der Waals surface area contributed by atoms with Gasteiger partial charge in [-0.05, 0) is 78.0 Å². The standard InChI is InChI=1S/C19H17IN4O2/c1-13(24-11-3-10-21-24)18(25)22-16-4-2-5-17(12-16)23-19(26)14-6-8-15(20)9-7-14/h2-13H,1H3,(H,22,25)(H,23,26). The van der Waals surface area contributed by atoms with Gasteiger partial charge in [0.2, 0.25) is 5.91 Å². The minimum atomic E-state index is -0.435. The summed E-state index contributed by atoms with van der Waals surface area (Å²) in [5, 5.41) is 9.75. The highest BCUT2D eigenvalue weighted by Gasteiger charge is 2.15. The lowest BCUT2D eigenvalue weighted by atomic mass is 10.2. The van der Waals surface area contributed by atoms with Gasteiger partial charge in [-0.2, -0.15) is 5.10 Å². The number of amides is 2. The smallest absolute Gasteiger partial charge is 0.255 e. The minimum absolute atomic E-state index is 0.185. The zero-order valence-corrected chi connectivity index (χ0v) is 16.2. The van der Waals surface area contributed by atoms with Gasteiger partial charge in [-0.25, -0.2) is 0 Å². The number of hydrogen-bond donors (Lipinski definition) is 2. The van der Waals surface area contributed by atoms with Gasteiger partial charge in [0, 0.05) is 32.9 Å². The van der Waals surface area contributed by atoms with Crippen molar-refractivity contribution in [3.63, 3.8) is 0 Å². The lowest BCUT2D eigenvalue weighted by Crippen LogP contribution is -2.24. The van der Waals surface area contributed by atoms with E-state index in [0.717, 1.165) is 3.57 Å². The van der Waals surface area contributed by atoms with E-state index in [4.69, 9.17) is 0 Å². The molecule has 132 valence electrons.